The van der Waals surface area contributed by atoms with Gasteiger partial charge in [-0.05, 0) is 31.5 Å². The monoisotopic (exact) mass is 362 g/mol. The average molecular weight is 362 g/mol. The lowest BCUT2D eigenvalue weighted by Crippen LogP contribution is -2.24. The molecule has 1 heterocycles. The van der Waals surface area contributed by atoms with Gasteiger partial charge >= 0.3 is 0 Å². The molecular formula is C21H22N4O2. The minimum Gasteiger partial charge on any atom is -0.496 e. The van der Waals surface area contributed by atoms with Gasteiger partial charge in [-0.3, -0.25) is 4.79 Å². The summed E-state index contributed by atoms with van der Waals surface area (Å²) in [7, 11) is 1.60. The molecule has 0 spiro atoms. The molecule has 0 aliphatic rings. The van der Waals surface area contributed by atoms with Crippen LogP contribution in [0, 0.1) is 13.8 Å². The van der Waals surface area contributed by atoms with E-state index in [0.29, 0.717) is 12.4 Å². The standard InChI is InChI=1S/C21H22N4O2/c1-14-8-9-17(15(2)10-14)25-20-13-22-18(12-23-20)21(26)24-11-16-6-4-5-7-19(16)27-3/h4-10,12-13H,11H2,1-3H3,(H,23,25)(H,24,26). The number of methoxy groups -OCH3 is 1. The zero-order valence-corrected chi connectivity index (χ0v) is 15.6. The Morgan fingerprint density at radius 1 is 1.07 bits per heavy atom. The summed E-state index contributed by atoms with van der Waals surface area (Å²) in [4.78, 5) is 20.8. The number of nitrogens with one attached hydrogen (secondary N) is 2. The first-order valence-corrected chi connectivity index (χ1v) is 8.63. The fraction of sp³-hybridized carbons (Fsp3) is 0.190. The molecule has 27 heavy (non-hydrogen) atoms. The first-order chi connectivity index (χ1) is 13.1. The van der Waals surface area contributed by atoms with Crippen molar-refractivity contribution in [1.29, 1.82) is 0 Å². The third-order valence-electron chi connectivity index (χ3n) is 4.16. The number of nitrogens with zero attached hydrogens (tertiary/aromatic N) is 2. The second-order valence-electron chi connectivity index (χ2n) is 6.22. The number of benzene rings is 2. The highest BCUT2D eigenvalue weighted by atomic mass is 16.5. The molecule has 138 valence electrons. The minimum atomic E-state index is -0.286. The third kappa shape index (κ3) is 4.61. The first kappa shape index (κ1) is 18.4. The van der Waals surface area contributed by atoms with Crippen LogP contribution in [0.4, 0.5) is 11.5 Å². The Bertz CT molecular complexity index is 939. The van der Waals surface area contributed by atoms with E-state index in [2.05, 4.69) is 33.6 Å². The van der Waals surface area contributed by atoms with Crippen LogP contribution in [-0.2, 0) is 6.54 Å². The van der Waals surface area contributed by atoms with Crippen molar-refractivity contribution in [2.24, 2.45) is 0 Å². The number of carbonyl (C=O) groups excluding carboxylic acids is 1. The van der Waals surface area contributed by atoms with Crippen molar-refractivity contribution >= 4 is 17.4 Å². The van der Waals surface area contributed by atoms with E-state index in [1.807, 2.05) is 43.3 Å². The highest BCUT2D eigenvalue weighted by Crippen LogP contribution is 2.20. The zero-order chi connectivity index (χ0) is 19.2. The smallest absolute Gasteiger partial charge is 0.271 e. The topological polar surface area (TPSA) is 76.1 Å². The molecule has 0 radical (unpaired) electrons. The van der Waals surface area contributed by atoms with Crippen LogP contribution in [0.15, 0.2) is 54.9 Å². The lowest BCUT2D eigenvalue weighted by molar-refractivity contribution is 0.0945. The van der Waals surface area contributed by atoms with Gasteiger partial charge in [0.2, 0.25) is 0 Å². The van der Waals surface area contributed by atoms with Gasteiger partial charge in [-0.25, -0.2) is 9.97 Å². The summed E-state index contributed by atoms with van der Waals surface area (Å²) >= 11 is 0. The van der Waals surface area contributed by atoms with Crippen LogP contribution in [0.5, 0.6) is 5.75 Å². The molecular weight excluding hydrogens is 340 g/mol. The van der Waals surface area contributed by atoms with E-state index in [1.54, 1.807) is 13.3 Å². The van der Waals surface area contributed by atoms with Gasteiger partial charge in [0.15, 0.2) is 0 Å². The van der Waals surface area contributed by atoms with Crippen LogP contribution < -0.4 is 15.4 Å². The van der Waals surface area contributed by atoms with Crippen LogP contribution in [-0.4, -0.2) is 23.0 Å². The Labute approximate surface area is 158 Å². The molecule has 1 aromatic heterocycles. The largest absolute Gasteiger partial charge is 0.496 e. The van der Waals surface area contributed by atoms with E-state index in [1.165, 1.54) is 11.8 Å². The predicted octanol–water partition coefficient (Wildman–Crippen LogP) is 3.78. The maximum Gasteiger partial charge on any atom is 0.271 e. The number of para-hydroxylation sites is 1. The summed E-state index contributed by atoms with van der Waals surface area (Å²) in [5.74, 6) is 1.03. The molecule has 0 unspecified atom stereocenters. The molecule has 6 nitrogen and oxygen atoms in total. The second-order valence-corrected chi connectivity index (χ2v) is 6.22. The summed E-state index contributed by atoms with van der Waals surface area (Å²) in [6.45, 7) is 4.44. The molecule has 0 aliphatic carbocycles. The molecule has 2 aromatic carbocycles. The van der Waals surface area contributed by atoms with Gasteiger partial charge < -0.3 is 15.4 Å². The highest BCUT2D eigenvalue weighted by Gasteiger charge is 2.10. The summed E-state index contributed by atoms with van der Waals surface area (Å²) < 4.78 is 5.29. The Hall–Kier alpha value is -3.41. The average Bonchev–Trinajstić information content (AvgIpc) is 2.69. The molecule has 1 amide bonds. The molecule has 0 saturated heterocycles. The SMILES string of the molecule is COc1ccccc1CNC(=O)c1cnc(Nc2ccc(C)cc2C)cn1. The van der Waals surface area contributed by atoms with Crippen molar-refractivity contribution in [2.75, 3.05) is 12.4 Å². The van der Waals surface area contributed by atoms with Crippen molar-refractivity contribution < 1.29 is 9.53 Å². The third-order valence-corrected chi connectivity index (χ3v) is 4.16. The van der Waals surface area contributed by atoms with E-state index in [4.69, 9.17) is 4.74 Å². The Balaban J connectivity index is 1.63. The Kier molecular flexibility index (Phi) is 5.66. The minimum absolute atomic E-state index is 0.260. The maximum absolute atomic E-state index is 12.3. The predicted molar refractivity (Wildman–Crippen MR) is 105 cm³/mol. The second kappa shape index (κ2) is 8.31. The molecule has 6 heteroatoms. The van der Waals surface area contributed by atoms with Gasteiger partial charge in [0.1, 0.15) is 17.3 Å². The maximum atomic E-state index is 12.3. The summed E-state index contributed by atoms with van der Waals surface area (Å²) in [6, 6.07) is 13.7. The zero-order valence-electron chi connectivity index (χ0n) is 15.6. The van der Waals surface area contributed by atoms with E-state index < -0.39 is 0 Å². The first-order valence-electron chi connectivity index (χ1n) is 8.63. The van der Waals surface area contributed by atoms with Crippen LogP contribution in [0.1, 0.15) is 27.2 Å². The molecule has 0 fully saturated rings. The molecule has 0 aliphatic heterocycles. The number of carbonyl (C=O) groups is 1. The van der Waals surface area contributed by atoms with Crippen molar-refractivity contribution in [3.63, 3.8) is 0 Å². The number of rotatable bonds is 6. The van der Waals surface area contributed by atoms with E-state index in [0.717, 1.165) is 22.6 Å². The van der Waals surface area contributed by atoms with Crippen LogP contribution in [0.2, 0.25) is 0 Å². The quantitative estimate of drug-likeness (QED) is 0.698. The number of anilines is 2. The van der Waals surface area contributed by atoms with Gasteiger partial charge in [0.05, 0.1) is 19.5 Å². The van der Waals surface area contributed by atoms with Crippen LogP contribution >= 0.6 is 0 Å². The summed E-state index contributed by atoms with van der Waals surface area (Å²) in [6.07, 6.45) is 3.01. The van der Waals surface area contributed by atoms with Crippen LogP contribution in [0.3, 0.4) is 0 Å². The molecule has 0 bridgehead atoms. The van der Waals surface area contributed by atoms with Gasteiger partial charge in [-0.15, -0.1) is 0 Å². The van der Waals surface area contributed by atoms with Crippen molar-refractivity contribution in [1.82, 2.24) is 15.3 Å². The summed E-state index contributed by atoms with van der Waals surface area (Å²) in [5.41, 5.74) is 4.44. The number of hydrogen-bond donors (Lipinski definition) is 2. The number of aromatic nitrogens is 2. The number of amides is 1. The van der Waals surface area contributed by atoms with E-state index in [9.17, 15) is 4.79 Å². The normalized spacial score (nSPS) is 10.3. The number of aryl methyl sites for hydroxylation is 2. The molecule has 3 rings (SSSR count). The highest BCUT2D eigenvalue weighted by molar-refractivity contribution is 5.92. The fourth-order valence-corrected chi connectivity index (χ4v) is 2.72. The molecule has 2 N–H and O–H groups in total. The lowest BCUT2D eigenvalue weighted by Gasteiger charge is -2.10. The van der Waals surface area contributed by atoms with E-state index in [-0.39, 0.29) is 11.6 Å². The van der Waals surface area contributed by atoms with Gasteiger partial charge in [-0.1, -0.05) is 35.9 Å². The fourth-order valence-electron chi connectivity index (χ4n) is 2.72. The molecule has 3 aromatic rings. The number of ether oxygens (including phenoxy) is 1. The van der Waals surface area contributed by atoms with Gasteiger partial charge in [-0.2, -0.15) is 0 Å². The Morgan fingerprint density at radius 3 is 2.59 bits per heavy atom. The van der Waals surface area contributed by atoms with Crippen molar-refractivity contribution in [3.8, 4) is 5.75 Å². The van der Waals surface area contributed by atoms with Gasteiger partial charge in [0, 0.05) is 17.8 Å². The van der Waals surface area contributed by atoms with Crippen molar-refractivity contribution in [3.05, 3.63) is 77.2 Å². The van der Waals surface area contributed by atoms with Crippen LogP contribution in [0.25, 0.3) is 0 Å². The van der Waals surface area contributed by atoms with E-state index >= 15 is 0 Å². The van der Waals surface area contributed by atoms with Crippen molar-refractivity contribution in [2.45, 2.75) is 20.4 Å². The molecule has 0 saturated carbocycles. The van der Waals surface area contributed by atoms with Gasteiger partial charge in [0.25, 0.3) is 5.91 Å². The Morgan fingerprint density at radius 2 is 1.89 bits per heavy atom. The number of hydrogen-bond acceptors (Lipinski definition) is 5. The summed E-state index contributed by atoms with van der Waals surface area (Å²) in [5, 5.41) is 6.05. The lowest BCUT2D eigenvalue weighted by atomic mass is 10.1. The molecule has 0 atom stereocenters.